The predicted molar refractivity (Wildman–Crippen MR) is 56.6 cm³/mol. The van der Waals surface area contributed by atoms with E-state index in [0.717, 1.165) is 24.5 Å². The van der Waals surface area contributed by atoms with Crippen LogP contribution in [0.1, 0.15) is 30.1 Å². The first-order chi connectivity index (χ1) is 6.75. The molecule has 2 heterocycles. The van der Waals surface area contributed by atoms with Crippen LogP contribution in [0.5, 0.6) is 0 Å². The van der Waals surface area contributed by atoms with Gasteiger partial charge in [0.25, 0.3) is 0 Å². The van der Waals surface area contributed by atoms with Gasteiger partial charge in [0, 0.05) is 36.0 Å². The van der Waals surface area contributed by atoms with Gasteiger partial charge in [-0.25, -0.2) is 0 Å². The van der Waals surface area contributed by atoms with Crippen molar-refractivity contribution in [3.8, 4) is 0 Å². The molecule has 3 heteroatoms. The number of nitrogens with one attached hydrogen (secondary N) is 2. The fourth-order valence-corrected chi connectivity index (χ4v) is 2.05. The fraction of sp³-hybridized carbons (Fsp3) is 0.545. The minimum absolute atomic E-state index is 0.113. The maximum Gasteiger partial charge on any atom is 0.182 e. The number of hydrogen-bond donors (Lipinski definition) is 2. The lowest BCUT2D eigenvalue weighted by atomic mass is 9.95. The van der Waals surface area contributed by atoms with Crippen LogP contribution in [0.25, 0.3) is 0 Å². The van der Waals surface area contributed by atoms with Crippen LogP contribution in [0.4, 0.5) is 0 Å². The zero-order valence-electron chi connectivity index (χ0n) is 8.47. The highest BCUT2D eigenvalue weighted by molar-refractivity contribution is 5.15. The van der Waals surface area contributed by atoms with Gasteiger partial charge in [-0.1, -0.05) is 0 Å². The number of rotatable bonds is 1. The number of H-pyrrole nitrogens is 1. The lowest BCUT2D eigenvalue weighted by molar-refractivity contribution is 0.454. The summed E-state index contributed by atoms with van der Waals surface area (Å²) >= 11 is 0. The number of aryl methyl sites for hydroxylation is 1. The van der Waals surface area contributed by atoms with Crippen LogP contribution in [0.15, 0.2) is 16.9 Å². The average Bonchev–Trinajstić information content (AvgIpc) is 2.18. The molecule has 0 spiro atoms. The van der Waals surface area contributed by atoms with Gasteiger partial charge >= 0.3 is 0 Å². The van der Waals surface area contributed by atoms with Crippen LogP contribution in [0.3, 0.4) is 0 Å². The summed E-state index contributed by atoms with van der Waals surface area (Å²) in [7, 11) is 0. The van der Waals surface area contributed by atoms with Gasteiger partial charge in [-0.2, -0.15) is 0 Å². The Hall–Kier alpha value is -1.09. The predicted octanol–water partition coefficient (Wildman–Crippen LogP) is 1.15. The minimum atomic E-state index is 0.113. The molecule has 0 bridgehead atoms. The number of aromatic amines is 1. The molecule has 0 aliphatic carbocycles. The highest BCUT2D eigenvalue weighted by Crippen LogP contribution is 2.20. The van der Waals surface area contributed by atoms with Crippen LogP contribution in [0.2, 0.25) is 0 Å². The van der Waals surface area contributed by atoms with E-state index >= 15 is 0 Å². The molecule has 1 aliphatic rings. The quantitative estimate of drug-likeness (QED) is 0.701. The summed E-state index contributed by atoms with van der Waals surface area (Å²) < 4.78 is 0. The van der Waals surface area contributed by atoms with Crippen molar-refractivity contribution in [2.75, 3.05) is 13.1 Å². The molecule has 2 rings (SSSR count). The zero-order valence-corrected chi connectivity index (χ0v) is 8.47. The minimum Gasteiger partial charge on any atom is -0.362 e. The standard InChI is InChI=1S/C11H16N2O/c1-8-5-10(14)6-11(13-8)9-3-2-4-12-7-9/h5-6,9,12H,2-4,7H2,1H3,(H,13,14)/t9-/m1/s1. The third-order valence-corrected chi connectivity index (χ3v) is 2.73. The van der Waals surface area contributed by atoms with Crippen molar-refractivity contribution in [3.63, 3.8) is 0 Å². The molecule has 76 valence electrons. The van der Waals surface area contributed by atoms with Crippen molar-refractivity contribution in [2.45, 2.75) is 25.7 Å². The number of hydrogen-bond acceptors (Lipinski definition) is 2. The van der Waals surface area contributed by atoms with Crippen LogP contribution in [-0.4, -0.2) is 18.1 Å². The van der Waals surface area contributed by atoms with Crippen molar-refractivity contribution < 1.29 is 0 Å². The van der Waals surface area contributed by atoms with E-state index in [9.17, 15) is 4.79 Å². The van der Waals surface area contributed by atoms with Gasteiger partial charge < -0.3 is 10.3 Å². The highest BCUT2D eigenvalue weighted by atomic mass is 16.1. The van der Waals surface area contributed by atoms with Crippen molar-refractivity contribution in [2.24, 2.45) is 0 Å². The summed E-state index contributed by atoms with van der Waals surface area (Å²) in [6, 6.07) is 3.37. The molecule has 1 aromatic heterocycles. The number of aromatic nitrogens is 1. The van der Waals surface area contributed by atoms with Gasteiger partial charge in [0.2, 0.25) is 0 Å². The lowest BCUT2D eigenvalue weighted by Crippen LogP contribution is -2.29. The highest BCUT2D eigenvalue weighted by Gasteiger charge is 2.15. The van der Waals surface area contributed by atoms with Crippen molar-refractivity contribution in [3.05, 3.63) is 33.7 Å². The summed E-state index contributed by atoms with van der Waals surface area (Å²) in [4.78, 5) is 14.6. The maximum atomic E-state index is 11.3. The number of piperidine rings is 1. The van der Waals surface area contributed by atoms with Crippen molar-refractivity contribution in [1.29, 1.82) is 0 Å². The molecule has 1 saturated heterocycles. The first kappa shape index (κ1) is 9.46. The molecule has 1 aromatic rings. The maximum absolute atomic E-state index is 11.3. The number of pyridine rings is 1. The Kier molecular flexibility index (Phi) is 2.68. The Morgan fingerprint density at radius 3 is 2.93 bits per heavy atom. The molecule has 0 amide bonds. The average molecular weight is 192 g/mol. The van der Waals surface area contributed by atoms with E-state index in [1.165, 1.54) is 12.8 Å². The molecule has 0 radical (unpaired) electrons. The van der Waals surface area contributed by atoms with Crippen LogP contribution in [0, 0.1) is 6.92 Å². The molecule has 1 aliphatic heterocycles. The molecule has 2 N–H and O–H groups in total. The molecule has 0 unspecified atom stereocenters. The van der Waals surface area contributed by atoms with E-state index in [0.29, 0.717) is 5.92 Å². The molecule has 3 nitrogen and oxygen atoms in total. The monoisotopic (exact) mass is 192 g/mol. The van der Waals surface area contributed by atoms with E-state index in [1.54, 1.807) is 12.1 Å². The molecular weight excluding hydrogens is 176 g/mol. The van der Waals surface area contributed by atoms with Gasteiger partial charge in [0.05, 0.1) is 0 Å². The largest absolute Gasteiger partial charge is 0.362 e. The molecule has 1 atom stereocenters. The summed E-state index contributed by atoms with van der Waals surface area (Å²) in [6.45, 7) is 4.02. The van der Waals surface area contributed by atoms with Crippen LogP contribution >= 0.6 is 0 Å². The second-order valence-electron chi connectivity index (χ2n) is 4.00. The first-order valence-electron chi connectivity index (χ1n) is 5.17. The van der Waals surface area contributed by atoms with E-state index in [4.69, 9.17) is 0 Å². The van der Waals surface area contributed by atoms with Crippen LogP contribution in [-0.2, 0) is 0 Å². The van der Waals surface area contributed by atoms with Gasteiger partial charge in [-0.05, 0) is 26.3 Å². The van der Waals surface area contributed by atoms with E-state index in [1.807, 2.05) is 6.92 Å². The Balaban J connectivity index is 2.26. The van der Waals surface area contributed by atoms with Crippen LogP contribution < -0.4 is 10.7 Å². The Labute approximate surface area is 83.5 Å². The summed E-state index contributed by atoms with van der Waals surface area (Å²) in [5.41, 5.74) is 2.15. The third kappa shape index (κ3) is 2.04. The molecule has 0 saturated carbocycles. The van der Waals surface area contributed by atoms with E-state index in [-0.39, 0.29) is 5.43 Å². The first-order valence-corrected chi connectivity index (χ1v) is 5.17. The Morgan fingerprint density at radius 1 is 1.43 bits per heavy atom. The second-order valence-corrected chi connectivity index (χ2v) is 4.00. The van der Waals surface area contributed by atoms with E-state index in [2.05, 4.69) is 10.3 Å². The van der Waals surface area contributed by atoms with Gasteiger partial charge in [0.1, 0.15) is 0 Å². The molecule has 0 aromatic carbocycles. The van der Waals surface area contributed by atoms with Gasteiger partial charge in [-0.15, -0.1) is 0 Å². The van der Waals surface area contributed by atoms with E-state index < -0.39 is 0 Å². The Morgan fingerprint density at radius 2 is 2.29 bits per heavy atom. The summed E-state index contributed by atoms with van der Waals surface area (Å²) in [5.74, 6) is 0.483. The summed E-state index contributed by atoms with van der Waals surface area (Å²) in [6.07, 6.45) is 2.37. The van der Waals surface area contributed by atoms with Crippen molar-refractivity contribution in [1.82, 2.24) is 10.3 Å². The molecular formula is C11H16N2O. The Bertz CT molecular complexity index is 364. The molecule has 1 fully saturated rings. The molecule has 14 heavy (non-hydrogen) atoms. The zero-order chi connectivity index (χ0) is 9.97. The van der Waals surface area contributed by atoms with Gasteiger partial charge in [-0.3, -0.25) is 4.79 Å². The topological polar surface area (TPSA) is 44.9 Å². The second kappa shape index (κ2) is 3.96. The lowest BCUT2D eigenvalue weighted by Gasteiger charge is -2.22. The van der Waals surface area contributed by atoms with Crippen molar-refractivity contribution >= 4 is 0 Å². The SMILES string of the molecule is Cc1cc(=O)cc([C@@H]2CCCNC2)[nH]1. The fourth-order valence-electron chi connectivity index (χ4n) is 2.05. The normalized spacial score (nSPS) is 22.2. The smallest absolute Gasteiger partial charge is 0.182 e. The van der Waals surface area contributed by atoms with Gasteiger partial charge in [0.15, 0.2) is 5.43 Å². The third-order valence-electron chi connectivity index (χ3n) is 2.73. The summed E-state index contributed by atoms with van der Waals surface area (Å²) in [5, 5.41) is 3.35.